The van der Waals surface area contributed by atoms with Crippen molar-refractivity contribution in [3.05, 3.63) is 110 Å². The number of rotatable bonds is 10. The van der Waals surface area contributed by atoms with E-state index < -0.39 is 23.3 Å². The number of nitrogens with one attached hydrogen (secondary N) is 1. The summed E-state index contributed by atoms with van der Waals surface area (Å²) in [5.74, 6) is -1.57. The molecule has 0 spiro atoms. The van der Waals surface area contributed by atoms with Crippen molar-refractivity contribution in [3.63, 3.8) is 0 Å². The fourth-order valence-electron chi connectivity index (χ4n) is 3.73. The van der Waals surface area contributed by atoms with Crippen molar-refractivity contribution in [2.24, 2.45) is 0 Å². The van der Waals surface area contributed by atoms with E-state index in [0.29, 0.717) is 5.69 Å². The molecular weight excluding hydrogens is 493 g/mol. The van der Waals surface area contributed by atoms with Crippen LogP contribution in [-0.4, -0.2) is 30.2 Å². The van der Waals surface area contributed by atoms with Gasteiger partial charge < -0.3 is 15.2 Å². The Morgan fingerprint density at radius 3 is 2.47 bits per heavy atom. The number of aryl methyl sites for hydroxylation is 2. The van der Waals surface area contributed by atoms with Gasteiger partial charge in [0.1, 0.15) is 6.61 Å². The number of nitrogens with zero attached hydrogens (tertiary/aromatic N) is 4. The third kappa shape index (κ3) is 6.49. The molecule has 0 amide bonds. The quantitative estimate of drug-likeness (QED) is 0.305. The minimum absolute atomic E-state index is 0.0273. The number of carboxylic acid groups (broad SMARTS) is 1. The number of carbonyl (C=O) groups is 1. The van der Waals surface area contributed by atoms with Gasteiger partial charge in [0.05, 0.1) is 13.0 Å². The molecule has 2 N–H and O–H groups in total. The van der Waals surface area contributed by atoms with E-state index in [2.05, 4.69) is 15.3 Å². The summed E-state index contributed by atoms with van der Waals surface area (Å²) in [5.41, 5.74) is 2.59. The molecule has 38 heavy (non-hydrogen) atoms. The number of pyridine rings is 1. The lowest BCUT2D eigenvalue weighted by Crippen LogP contribution is -2.43. The van der Waals surface area contributed by atoms with E-state index in [1.54, 1.807) is 24.3 Å². The average molecular weight is 520 g/mol. The van der Waals surface area contributed by atoms with Gasteiger partial charge in [0.2, 0.25) is 17.8 Å². The number of hydrogen-bond donors (Lipinski definition) is 2. The smallest absolute Gasteiger partial charge is 0.354 e. The maximum absolute atomic E-state index is 13.3. The summed E-state index contributed by atoms with van der Waals surface area (Å²) in [6, 6.07) is 17.2. The highest BCUT2D eigenvalue weighted by molar-refractivity contribution is 5.66. The molecule has 10 nitrogen and oxygen atoms in total. The summed E-state index contributed by atoms with van der Waals surface area (Å²) in [7, 11) is 0. The van der Waals surface area contributed by atoms with Gasteiger partial charge in [-0.2, -0.15) is 14.4 Å². The van der Waals surface area contributed by atoms with Crippen molar-refractivity contribution in [2.75, 3.05) is 5.32 Å². The Balaban J connectivity index is 1.62. The van der Waals surface area contributed by atoms with E-state index in [4.69, 9.17) is 9.84 Å². The number of carboxylic acids is 1. The van der Waals surface area contributed by atoms with Gasteiger partial charge in [0.15, 0.2) is 0 Å². The lowest BCUT2D eigenvalue weighted by molar-refractivity contribution is -0.137. The summed E-state index contributed by atoms with van der Waals surface area (Å²) in [6.45, 7) is 3.80. The highest BCUT2D eigenvalue weighted by Gasteiger charge is 2.15. The molecule has 0 aliphatic carbocycles. The Labute approximate surface area is 217 Å². The summed E-state index contributed by atoms with van der Waals surface area (Å²) in [4.78, 5) is 44.6. The first-order chi connectivity index (χ1) is 18.2. The van der Waals surface area contributed by atoms with Crippen LogP contribution in [0.15, 0.2) is 70.3 Å². The molecule has 196 valence electrons. The molecule has 2 aromatic heterocycles. The van der Waals surface area contributed by atoms with Crippen LogP contribution in [0.4, 0.5) is 16.0 Å². The maximum Gasteiger partial charge on any atom is 0.354 e. The monoisotopic (exact) mass is 519 g/mol. The van der Waals surface area contributed by atoms with Crippen molar-refractivity contribution < 1.29 is 19.0 Å². The van der Waals surface area contributed by atoms with Crippen LogP contribution in [0.5, 0.6) is 5.88 Å². The van der Waals surface area contributed by atoms with E-state index in [-0.39, 0.29) is 37.9 Å². The second-order valence-electron chi connectivity index (χ2n) is 8.72. The second-order valence-corrected chi connectivity index (χ2v) is 8.72. The summed E-state index contributed by atoms with van der Waals surface area (Å²) >= 11 is 0. The average Bonchev–Trinajstić information content (AvgIpc) is 2.87. The molecule has 0 aliphatic rings. The fourth-order valence-corrected chi connectivity index (χ4v) is 3.73. The number of ether oxygens (including phenoxy) is 1. The van der Waals surface area contributed by atoms with Crippen LogP contribution in [0, 0.1) is 19.8 Å². The van der Waals surface area contributed by atoms with Gasteiger partial charge in [-0.05, 0) is 48.7 Å². The molecule has 11 heteroatoms. The molecule has 0 saturated heterocycles. The topological polar surface area (TPSA) is 128 Å². The van der Waals surface area contributed by atoms with Crippen molar-refractivity contribution in [1.29, 1.82) is 0 Å². The first-order valence-corrected chi connectivity index (χ1v) is 11.8. The van der Waals surface area contributed by atoms with Crippen LogP contribution < -0.4 is 21.4 Å². The molecule has 0 saturated carbocycles. The third-order valence-electron chi connectivity index (χ3n) is 5.82. The Morgan fingerprint density at radius 2 is 1.79 bits per heavy atom. The first kappa shape index (κ1) is 26.3. The van der Waals surface area contributed by atoms with Gasteiger partial charge in [-0.3, -0.25) is 9.36 Å². The molecule has 4 aromatic rings. The predicted octanol–water partition coefficient (Wildman–Crippen LogP) is 3.40. The molecular formula is C27H26FN5O5. The van der Waals surface area contributed by atoms with Gasteiger partial charge in [0.25, 0.3) is 0 Å². The molecule has 4 rings (SSSR count). The number of aliphatic carboxylic acids is 1. The van der Waals surface area contributed by atoms with E-state index in [1.807, 2.05) is 38.1 Å². The minimum atomic E-state index is -1.13. The largest absolute Gasteiger partial charge is 0.481 e. The van der Waals surface area contributed by atoms with E-state index in [0.717, 1.165) is 26.8 Å². The van der Waals surface area contributed by atoms with Crippen LogP contribution in [0.3, 0.4) is 0 Å². The molecule has 2 aromatic carbocycles. The van der Waals surface area contributed by atoms with Crippen LogP contribution in [0.25, 0.3) is 0 Å². The standard InChI is InChI=1S/C27H26FN5O5/c1-17-6-8-19(9-7-17)15-33-25(31-26(36)32(27(33)37)13-12-24(34)35)29-21-11-10-20(18(2)14-21)16-38-23-5-3-4-22(28)30-23/h3-11,14H,12-13,15-16H2,1-2H3,(H,34,35)(H,29,31,36). The first-order valence-electron chi connectivity index (χ1n) is 11.8. The lowest BCUT2D eigenvalue weighted by atomic mass is 10.1. The molecule has 0 atom stereocenters. The van der Waals surface area contributed by atoms with Crippen LogP contribution in [0.2, 0.25) is 0 Å². The minimum Gasteiger partial charge on any atom is -0.481 e. The highest BCUT2D eigenvalue weighted by atomic mass is 19.1. The summed E-state index contributed by atoms with van der Waals surface area (Å²) in [6.07, 6.45) is -0.387. The number of anilines is 2. The Kier molecular flexibility index (Phi) is 7.95. The number of hydrogen-bond acceptors (Lipinski definition) is 7. The van der Waals surface area contributed by atoms with Gasteiger partial charge in [0, 0.05) is 18.3 Å². The van der Waals surface area contributed by atoms with Gasteiger partial charge in [-0.25, -0.2) is 14.2 Å². The van der Waals surface area contributed by atoms with Crippen molar-refractivity contribution >= 4 is 17.6 Å². The molecule has 0 fully saturated rings. The number of aromatic nitrogens is 4. The second kappa shape index (κ2) is 11.5. The molecule has 2 heterocycles. The molecule has 0 aliphatic heterocycles. The highest BCUT2D eigenvalue weighted by Crippen LogP contribution is 2.20. The Morgan fingerprint density at radius 1 is 1.03 bits per heavy atom. The number of halogens is 1. The zero-order valence-electron chi connectivity index (χ0n) is 20.8. The van der Waals surface area contributed by atoms with Crippen LogP contribution in [0.1, 0.15) is 28.7 Å². The summed E-state index contributed by atoms with van der Waals surface area (Å²) < 4.78 is 21.0. The predicted molar refractivity (Wildman–Crippen MR) is 138 cm³/mol. The van der Waals surface area contributed by atoms with Crippen molar-refractivity contribution in [1.82, 2.24) is 19.1 Å². The molecule has 0 bridgehead atoms. The van der Waals surface area contributed by atoms with E-state index >= 15 is 0 Å². The maximum atomic E-state index is 13.3. The van der Waals surface area contributed by atoms with Crippen LogP contribution in [-0.2, 0) is 24.5 Å². The Bertz CT molecular complexity index is 1580. The van der Waals surface area contributed by atoms with E-state index in [9.17, 15) is 18.8 Å². The number of benzene rings is 2. The third-order valence-corrected chi connectivity index (χ3v) is 5.82. The van der Waals surface area contributed by atoms with Gasteiger partial charge in [-0.1, -0.05) is 42.0 Å². The summed E-state index contributed by atoms with van der Waals surface area (Å²) in [5, 5.41) is 12.1. The lowest BCUT2D eigenvalue weighted by Gasteiger charge is -2.16. The SMILES string of the molecule is Cc1ccc(Cn2c(Nc3ccc(COc4cccc(F)n4)c(C)c3)nc(=O)n(CCC(=O)O)c2=O)cc1. The zero-order valence-corrected chi connectivity index (χ0v) is 20.8. The van der Waals surface area contributed by atoms with E-state index in [1.165, 1.54) is 16.7 Å². The zero-order chi connectivity index (χ0) is 27.2. The van der Waals surface area contributed by atoms with Gasteiger partial charge >= 0.3 is 17.3 Å². The van der Waals surface area contributed by atoms with Gasteiger partial charge in [-0.15, -0.1) is 0 Å². The van der Waals surface area contributed by atoms with Crippen molar-refractivity contribution in [3.8, 4) is 5.88 Å². The Hall–Kier alpha value is -4.80. The van der Waals surface area contributed by atoms with Crippen molar-refractivity contribution in [2.45, 2.75) is 40.0 Å². The molecule has 0 unspecified atom stereocenters. The molecule has 0 radical (unpaired) electrons. The fraction of sp³-hybridized carbons (Fsp3) is 0.222. The van der Waals surface area contributed by atoms with Crippen LogP contribution >= 0.6 is 0 Å². The normalized spacial score (nSPS) is 10.8.